The molecule has 0 aliphatic rings. The predicted molar refractivity (Wildman–Crippen MR) is 63.2 cm³/mol. The number of benzene rings is 1. The summed E-state index contributed by atoms with van der Waals surface area (Å²) in [7, 11) is 0. The van der Waals surface area contributed by atoms with Crippen LogP contribution in [-0.2, 0) is 0 Å². The Morgan fingerprint density at radius 1 is 1.33 bits per heavy atom. The van der Waals surface area contributed by atoms with Gasteiger partial charge in [-0.25, -0.2) is 9.48 Å². The zero-order valence-electron chi connectivity index (χ0n) is 7.59. The number of hydrogen-bond acceptors (Lipinski definition) is 2. The fraction of sp³-hybridized carbons (Fsp3) is 0. The van der Waals surface area contributed by atoms with Gasteiger partial charge in [-0.3, -0.25) is 0 Å². The van der Waals surface area contributed by atoms with Crippen LogP contribution in [-0.4, -0.2) is 20.9 Å². The van der Waals surface area contributed by atoms with E-state index in [2.05, 4.69) is 5.10 Å². The molecule has 76 valence electrons. The second-order valence-corrected chi connectivity index (χ2v) is 4.06. The molecule has 0 unspecified atom stereocenters. The summed E-state index contributed by atoms with van der Waals surface area (Å²) in [5.74, 6) is -0.972. The van der Waals surface area contributed by atoms with E-state index in [9.17, 15) is 4.79 Å². The van der Waals surface area contributed by atoms with Gasteiger partial charge in [0.2, 0.25) is 0 Å². The summed E-state index contributed by atoms with van der Waals surface area (Å²) < 4.78 is 2.05. The molecule has 2 rings (SSSR count). The molecule has 1 N–H and O–H groups in total. The maximum absolute atomic E-state index is 11.0. The van der Waals surface area contributed by atoms with E-state index in [4.69, 9.17) is 5.11 Å². The van der Waals surface area contributed by atoms with Gasteiger partial charge in [-0.15, -0.1) is 0 Å². The molecule has 0 amide bonds. The highest BCUT2D eigenvalue weighted by Crippen LogP contribution is 2.16. The maximum Gasteiger partial charge on any atom is 0.355 e. The summed E-state index contributed by atoms with van der Waals surface area (Å²) in [5, 5.41) is 13.1. The average molecular weight is 314 g/mol. The summed E-state index contributed by atoms with van der Waals surface area (Å²) in [6, 6.07) is 9.19. The van der Waals surface area contributed by atoms with Crippen molar-refractivity contribution in [1.29, 1.82) is 0 Å². The van der Waals surface area contributed by atoms with E-state index in [1.165, 1.54) is 10.9 Å². The van der Waals surface area contributed by atoms with E-state index < -0.39 is 5.97 Å². The van der Waals surface area contributed by atoms with Gasteiger partial charge in [-0.2, -0.15) is 5.10 Å². The normalized spacial score (nSPS) is 10.2. The summed E-state index contributed by atoms with van der Waals surface area (Å²) in [5.41, 5.74) is 0.944. The Labute approximate surface area is 99.7 Å². The van der Waals surface area contributed by atoms with Crippen molar-refractivity contribution in [3.63, 3.8) is 0 Å². The van der Waals surface area contributed by atoms with Crippen molar-refractivity contribution < 1.29 is 9.90 Å². The van der Waals surface area contributed by atoms with Crippen LogP contribution in [0.2, 0.25) is 0 Å². The molecule has 1 heterocycles. The van der Waals surface area contributed by atoms with Gasteiger partial charge in [0.05, 0.1) is 15.5 Å². The van der Waals surface area contributed by atoms with E-state index in [0.717, 1.165) is 5.69 Å². The molecule has 0 aliphatic carbocycles. The van der Waals surface area contributed by atoms with Crippen LogP contribution in [0.15, 0.2) is 36.5 Å². The van der Waals surface area contributed by atoms with Gasteiger partial charge in [0.1, 0.15) is 0 Å². The van der Waals surface area contributed by atoms with Gasteiger partial charge in [-0.1, -0.05) is 18.2 Å². The monoisotopic (exact) mass is 314 g/mol. The Morgan fingerprint density at radius 3 is 2.60 bits per heavy atom. The largest absolute Gasteiger partial charge is 0.476 e. The maximum atomic E-state index is 11.0. The lowest BCUT2D eigenvalue weighted by Crippen LogP contribution is -2.08. The molecule has 1 aromatic carbocycles. The number of para-hydroxylation sites is 1. The van der Waals surface area contributed by atoms with Gasteiger partial charge in [0.25, 0.3) is 0 Å². The Bertz CT molecular complexity index is 493. The highest BCUT2D eigenvalue weighted by molar-refractivity contribution is 14.1. The minimum Gasteiger partial charge on any atom is -0.476 e. The SMILES string of the molecule is O=C(O)c1c(I)cnn1-c1ccccc1. The third kappa shape index (κ3) is 1.87. The van der Waals surface area contributed by atoms with Crippen LogP contribution in [0.25, 0.3) is 5.69 Å². The first-order valence-electron chi connectivity index (χ1n) is 4.22. The summed E-state index contributed by atoms with van der Waals surface area (Å²) in [6.45, 7) is 0. The molecule has 15 heavy (non-hydrogen) atoms. The second kappa shape index (κ2) is 4.01. The first-order chi connectivity index (χ1) is 7.20. The van der Waals surface area contributed by atoms with Gasteiger partial charge in [0, 0.05) is 0 Å². The number of carbonyl (C=O) groups is 1. The number of halogens is 1. The number of nitrogens with zero attached hydrogens (tertiary/aromatic N) is 2. The minimum atomic E-state index is -0.972. The summed E-state index contributed by atoms with van der Waals surface area (Å²) in [4.78, 5) is 11.0. The highest BCUT2D eigenvalue weighted by Gasteiger charge is 2.16. The third-order valence-electron chi connectivity index (χ3n) is 1.93. The van der Waals surface area contributed by atoms with Gasteiger partial charge in [-0.05, 0) is 34.7 Å². The summed E-state index contributed by atoms with van der Waals surface area (Å²) in [6.07, 6.45) is 1.54. The number of carboxylic acid groups (broad SMARTS) is 1. The first kappa shape index (κ1) is 10.2. The van der Waals surface area contributed by atoms with E-state index >= 15 is 0 Å². The zero-order valence-corrected chi connectivity index (χ0v) is 9.75. The van der Waals surface area contributed by atoms with Crippen LogP contribution in [0, 0.1) is 3.57 Å². The van der Waals surface area contributed by atoms with Crippen molar-refractivity contribution in [3.8, 4) is 5.69 Å². The molecule has 0 atom stereocenters. The Kier molecular flexibility index (Phi) is 2.72. The van der Waals surface area contributed by atoms with Crippen molar-refractivity contribution in [3.05, 3.63) is 45.8 Å². The van der Waals surface area contributed by atoms with Gasteiger partial charge in [0.15, 0.2) is 5.69 Å². The Hall–Kier alpha value is -1.37. The van der Waals surface area contributed by atoms with E-state index in [1.807, 2.05) is 52.9 Å². The molecule has 0 saturated carbocycles. The molecule has 4 nitrogen and oxygen atoms in total. The van der Waals surface area contributed by atoms with Crippen molar-refractivity contribution in [2.24, 2.45) is 0 Å². The number of aromatic carboxylic acids is 1. The second-order valence-electron chi connectivity index (χ2n) is 2.89. The molecule has 0 spiro atoms. The predicted octanol–water partition coefficient (Wildman–Crippen LogP) is 2.18. The lowest BCUT2D eigenvalue weighted by atomic mass is 10.3. The standard InChI is InChI=1S/C10H7IN2O2/c11-8-6-12-13(9(8)10(14)15)7-4-2-1-3-5-7/h1-6H,(H,14,15). The zero-order chi connectivity index (χ0) is 10.8. The van der Waals surface area contributed by atoms with Crippen LogP contribution in [0.4, 0.5) is 0 Å². The number of carboxylic acids is 1. The molecular formula is C10H7IN2O2. The smallest absolute Gasteiger partial charge is 0.355 e. The average Bonchev–Trinajstić information content (AvgIpc) is 2.61. The highest BCUT2D eigenvalue weighted by atomic mass is 127. The molecule has 0 saturated heterocycles. The molecule has 0 radical (unpaired) electrons. The minimum absolute atomic E-state index is 0.196. The fourth-order valence-corrected chi connectivity index (χ4v) is 1.87. The molecule has 0 bridgehead atoms. The van der Waals surface area contributed by atoms with Crippen LogP contribution in [0.5, 0.6) is 0 Å². The molecule has 0 fully saturated rings. The van der Waals surface area contributed by atoms with Crippen molar-refractivity contribution in [2.75, 3.05) is 0 Å². The molecular weight excluding hydrogens is 307 g/mol. The molecule has 0 aliphatic heterocycles. The van der Waals surface area contributed by atoms with Crippen molar-refractivity contribution in [2.45, 2.75) is 0 Å². The first-order valence-corrected chi connectivity index (χ1v) is 5.30. The molecule has 1 aromatic heterocycles. The third-order valence-corrected chi connectivity index (χ3v) is 2.72. The topological polar surface area (TPSA) is 55.1 Å². The quantitative estimate of drug-likeness (QED) is 0.865. The van der Waals surface area contributed by atoms with Crippen LogP contribution in [0.3, 0.4) is 0 Å². The summed E-state index contributed by atoms with van der Waals surface area (Å²) >= 11 is 1.96. The van der Waals surface area contributed by atoms with Crippen molar-refractivity contribution >= 4 is 28.6 Å². The Morgan fingerprint density at radius 2 is 2.00 bits per heavy atom. The van der Waals surface area contributed by atoms with Crippen LogP contribution < -0.4 is 0 Å². The van der Waals surface area contributed by atoms with Gasteiger partial charge < -0.3 is 5.11 Å². The van der Waals surface area contributed by atoms with E-state index in [1.54, 1.807) is 0 Å². The number of rotatable bonds is 2. The van der Waals surface area contributed by atoms with Crippen molar-refractivity contribution in [1.82, 2.24) is 9.78 Å². The van der Waals surface area contributed by atoms with Crippen LogP contribution >= 0.6 is 22.6 Å². The van der Waals surface area contributed by atoms with E-state index in [-0.39, 0.29) is 5.69 Å². The van der Waals surface area contributed by atoms with E-state index in [0.29, 0.717) is 3.57 Å². The number of aromatic nitrogens is 2. The van der Waals surface area contributed by atoms with Gasteiger partial charge >= 0.3 is 5.97 Å². The molecule has 5 heteroatoms. The number of hydrogen-bond donors (Lipinski definition) is 1. The fourth-order valence-electron chi connectivity index (χ4n) is 1.29. The lowest BCUT2D eigenvalue weighted by Gasteiger charge is -2.03. The lowest BCUT2D eigenvalue weighted by molar-refractivity contribution is 0.0686. The Balaban J connectivity index is 2.59. The molecule has 2 aromatic rings. The van der Waals surface area contributed by atoms with Crippen LogP contribution in [0.1, 0.15) is 10.5 Å².